The summed E-state index contributed by atoms with van der Waals surface area (Å²) in [4.78, 5) is 4.49. The Morgan fingerprint density at radius 2 is 2.00 bits per heavy atom. The van der Waals surface area contributed by atoms with Crippen molar-refractivity contribution in [1.29, 1.82) is 0 Å². The Bertz CT molecular complexity index is 707. The van der Waals surface area contributed by atoms with E-state index < -0.39 is 0 Å². The van der Waals surface area contributed by atoms with Gasteiger partial charge in [-0.3, -0.25) is 0 Å². The molecular formula is C13H11FN4OS. The standard InChI is InChI=1S/C13H11FN4OS/c14-10-3-1-9(2-4-10)13-15-12(8-20-13)6-18-5-11(7-19)16-17-18/h1-5,8,19H,6-7H2. The molecule has 0 aliphatic heterocycles. The number of aromatic nitrogens is 4. The van der Waals surface area contributed by atoms with E-state index in [1.807, 2.05) is 5.38 Å². The number of hydrogen-bond acceptors (Lipinski definition) is 5. The lowest BCUT2D eigenvalue weighted by molar-refractivity contribution is 0.276. The van der Waals surface area contributed by atoms with Gasteiger partial charge in [-0.05, 0) is 24.3 Å². The molecule has 1 N–H and O–H groups in total. The highest BCUT2D eigenvalue weighted by atomic mass is 32.1. The molecule has 0 atom stereocenters. The summed E-state index contributed by atoms with van der Waals surface area (Å²) in [6, 6.07) is 6.25. The molecule has 2 heterocycles. The van der Waals surface area contributed by atoms with Gasteiger partial charge in [-0.1, -0.05) is 5.21 Å². The predicted octanol–water partition coefficient (Wildman–Crippen LogP) is 2.08. The van der Waals surface area contributed by atoms with Gasteiger partial charge >= 0.3 is 0 Å². The summed E-state index contributed by atoms with van der Waals surface area (Å²) in [6.07, 6.45) is 1.68. The van der Waals surface area contributed by atoms with Crippen molar-refractivity contribution >= 4 is 11.3 Å². The lowest BCUT2D eigenvalue weighted by atomic mass is 10.2. The molecule has 0 aliphatic rings. The summed E-state index contributed by atoms with van der Waals surface area (Å²) in [5.41, 5.74) is 2.26. The number of thiazole rings is 1. The molecule has 0 bridgehead atoms. The summed E-state index contributed by atoms with van der Waals surface area (Å²) in [5.74, 6) is -0.260. The van der Waals surface area contributed by atoms with Crippen LogP contribution in [0.4, 0.5) is 4.39 Å². The fourth-order valence-electron chi connectivity index (χ4n) is 1.76. The van der Waals surface area contributed by atoms with Gasteiger partial charge in [0.25, 0.3) is 0 Å². The summed E-state index contributed by atoms with van der Waals surface area (Å²) < 4.78 is 14.5. The van der Waals surface area contributed by atoms with Crippen LogP contribution in [0.5, 0.6) is 0 Å². The molecule has 0 spiro atoms. The number of halogens is 1. The Kier molecular flexibility index (Phi) is 3.53. The van der Waals surface area contributed by atoms with Gasteiger partial charge in [0, 0.05) is 10.9 Å². The average Bonchev–Trinajstić information content (AvgIpc) is 3.09. The molecule has 0 radical (unpaired) electrons. The number of aliphatic hydroxyl groups excluding tert-OH is 1. The van der Waals surface area contributed by atoms with Crippen LogP contribution >= 0.6 is 11.3 Å². The Morgan fingerprint density at radius 1 is 1.20 bits per heavy atom. The predicted molar refractivity (Wildman–Crippen MR) is 72.6 cm³/mol. The largest absolute Gasteiger partial charge is 0.390 e. The van der Waals surface area contributed by atoms with Gasteiger partial charge in [0.05, 0.1) is 25.0 Å². The highest BCUT2D eigenvalue weighted by molar-refractivity contribution is 7.13. The normalized spacial score (nSPS) is 10.9. The molecule has 102 valence electrons. The molecule has 5 nitrogen and oxygen atoms in total. The van der Waals surface area contributed by atoms with Crippen molar-refractivity contribution in [3.63, 3.8) is 0 Å². The van der Waals surface area contributed by atoms with E-state index in [-0.39, 0.29) is 12.4 Å². The number of benzene rings is 1. The van der Waals surface area contributed by atoms with E-state index in [1.54, 1.807) is 23.0 Å². The molecule has 0 unspecified atom stereocenters. The van der Waals surface area contributed by atoms with E-state index in [4.69, 9.17) is 5.11 Å². The highest BCUT2D eigenvalue weighted by Crippen LogP contribution is 2.24. The first kappa shape index (κ1) is 12.9. The lowest BCUT2D eigenvalue weighted by Crippen LogP contribution is -2.00. The number of hydrogen-bond donors (Lipinski definition) is 1. The topological polar surface area (TPSA) is 63.8 Å². The van der Waals surface area contributed by atoms with Crippen LogP contribution in [-0.2, 0) is 13.2 Å². The minimum Gasteiger partial charge on any atom is -0.390 e. The molecule has 1 aromatic carbocycles. The van der Waals surface area contributed by atoms with Crippen molar-refractivity contribution in [1.82, 2.24) is 20.0 Å². The van der Waals surface area contributed by atoms with E-state index in [2.05, 4.69) is 15.3 Å². The smallest absolute Gasteiger partial charge is 0.123 e. The summed E-state index contributed by atoms with van der Waals surface area (Å²) in [5, 5.41) is 19.4. The zero-order valence-corrected chi connectivity index (χ0v) is 11.2. The van der Waals surface area contributed by atoms with E-state index >= 15 is 0 Å². The molecule has 0 amide bonds. The van der Waals surface area contributed by atoms with Gasteiger partial charge in [-0.25, -0.2) is 14.1 Å². The molecule has 0 aliphatic carbocycles. The van der Waals surface area contributed by atoms with Crippen LogP contribution in [0.2, 0.25) is 0 Å². The zero-order chi connectivity index (χ0) is 13.9. The number of rotatable bonds is 4. The van der Waals surface area contributed by atoms with Gasteiger partial charge in [0.15, 0.2) is 0 Å². The first-order valence-electron chi connectivity index (χ1n) is 5.95. The molecule has 20 heavy (non-hydrogen) atoms. The number of nitrogens with zero attached hydrogens (tertiary/aromatic N) is 4. The van der Waals surface area contributed by atoms with Crippen molar-refractivity contribution in [2.24, 2.45) is 0 Å². The van der Waals surface area contributed by atoms with Gasteiger partial charge in [-0.2, -0.15) is 0 Å². The van der Waals surface area contributed by atoms with Crippen molar-refractivity contribution in [2.75, 3.05) is 0 Å². The van der Waals surface area contributed by atoms with Gasteiger partial charge in [-0.15, -0.1) is 16.4 Å². The molecule has 2 aromatic heterocycles. The maximum absolute atomic E-state index is 12.9. The van der Waals surface area contributed by atoms with Crippen molar-refractivity contribution < 1.29 is 9.50 Å². The van der Waals surface area contributed by atoms with Gasteiger partial charge in [0.2, 0.25) is 0 Å². The summed E-state index contributed by atoms with van der Waals surface area (Å²) >= 11 is 1.50. The van der Waals surface area contributed by atoms with Crippen LogP contribution in [0, 0.1) is 5.82 Å². The highest BCUT2D eigenvalue weighted by Gasteiger charge is 2.07. The molecule has 7 heteroatoms. The first-order valence-corrected chi connectivity index (χ1v) is 6.83. The van der Waals surface area contributed by atoms with E-state index in [0.29, 0.717) is 12.2 Å². The maximum atomic E-state index is 12.9. The number of aliphatic hydroxyl groups is 1. The third-order valence-corrected chi connectivity index (χ3v) is 3.66. The molecule has 3 rings (SSSR count). The van der Waals surface area contributed by atoms with Crippen LogP contribution in [0.15, 0.2) is 35.8 Å². The summed E-state index contributed by atoms with van der Waals surface area (Å²) in [7, 11) is 0. The van der Waals surface area contributed by atoms with Gasteiger partial charge < -0.3 is 5.11 Å². The molecular weight excluding hydrogens is 279 g/mol. The van der Waals surface area contributed by atoms with Crippen LogP contribution in [-0.4, -0.2) is 25.1 Å². The third kappa shape index (κ3) is 2.73. The quantitative estimate of drug-likeness (QED) is 0.799. The van der Waals surface area contributed by atoms with Crippen LogP contribution in [0.25, 0.3) is 10.6 Å². The Labute approximate surface area is 118 Å². The van der Waals surface area contributed by atoms with Crippen molar-refractivity contribution in [3.8, 4) is 10.6 Å². The van der Waals surface area contributed by atoms with E-state index in [9.17, 15) is 4.39 Å². The molecule has 0 fully saturated rings. The van der Waals surface area contributed by atoms with Crippen molar-refractivity contribution in [3.05, 3.63) is 53.0 Å². The second kappa shape index (κ2) is 5.48. The first-order chi connectivity index (χ1) is 9.74. The molecule has 0 saturated heterocycles. The zero-order valence-electron chi connectivity index (χ0n) is 10.4. The van der Waals surface area contributed by atoms with Crippen molar-refractivity contribution in [2.45, 2.75) is 13.2 Å². The monoisotopic (exact) mass is 290 g/mol. The SMILES string of the molecule is OCc1cn(Cc2csc(-c3ccc(F)cc3)n2)nn1. The Hall–Kier alpha value is -2.12. The summed E-state index contributed by atoms with van der Waals surface area (Å²) in [6.45, 7) is 0.364. The van der Waals surface area contributed by atoms with E-state index in [1.165, 1.54) is 23.5 Å². The second-order valence-electron chi connectivity index (χ2n) is 4.22. The van der Waals surface area contributed by atoms with Crippen LogP contribution in [0.1, 0.15) is 11.4 Å². The van der Waals surface area contributed by atoms with Gasteiger partial charge in [0.1, 0.15) is 16.5 Å². The fraction of sp³-hybridized carbons (Fsp3) is 0.154. The Morgan fingerprint density at radius 3 is 2.70 bits per heavy atom. The average molecular weight is 290 g/mol. The third-order valence-electron chi connectivity index (χ3n) is 2.72. The molecule has 3 aromatic rings. The maximum Gasteiger partial charge on any atom is 0.123 e. The van der Waals surface area contributed by atoms with E-state index in [0.717, 1.165) is 16.3 Å². The Balaban J connectivity index is 1.78. The fourth-order valence-corrected chi connectivity index (χ4v) is 2.58. The van der Waals surface area contributed by atoms with Crippen LogP contribution < -0.4 is 0 Å². The second-order valence-corrected chi connectivity index (χ2v) is 5.07. The minimum absolute atomic E-state index is 0.127. The lowest BCUT2D eigenvalue weighted by Gasteiger charge is -1.96. The minimum atomic E-state index is -0.260. The van der Waals surface area contributed by atoms with Crippen LogP contribution in [0.3, 0.4) is 0 Å². The molecule has 0 saturated carbocycles.